The third kappa shape index (κ3) is 4.04. The number of rotatable bonds is 4. The second kappa shape index (κ2) is 8.54. The predicted molar refractivity (Wildman–Crippen MR) is 139 cm³/mol. The Morgan fingerprint density at radius 2 is 1.55 bits per heavy atom. The minimum atomic E-state index is -1.76. The molecule has 0 N–H and O–H groups in total. The highest BCUT2D eigenvalue weighted by molar-refractivity contribution is 6.82. The lowest BCUT2D eigenvalue weighted by atomic mass is 9.59. The van der Waals surface area contributed by atoms with E-state index < -0.39 is 8.24 Å². The van der Waals surface area contributed by atoms with Gasteiger partial charge < -0.3 is 4.57 Å². The molecule has 0 saturated heterocycles. The number of nitrogens with zero attached hydrogens (tertiary/aromatic N) is 1. The Kier molecular flexibility index (Phi) is 6.45. The smallest absolute Gasteiger partial charge is 0.154 e. The van der Waals surface area contributed by atoms with Gasteiger partial charge in [-0.2, -0.15) is 0 Å². The van der Waals surface area contributed by atoms with E-state index in [4.69, 9.17) is 0 Å². The van der Waals surface area contributed by atoms with Gasteiger partial charge in [-0.15, -0.1) is 0 Å². The third-order valence-electron chi connectivity index (χ3n) is 9.75. The summed E-state index contributed by atoms with van der Waals surface area (Å²) in [5, 5.41) is 0. The first-order chi connectivity index (χ1) is 14.5. The first-order valence-electron chi connectivity index (χ1n) is 13.4. The van der Waals surface area contributed by atoms with Gasteiger partial charge in [0.15, 0.2) is 8.24 Å². The molecular weight excluding hydrogens is 390 g/mol. The van der Waals surface area contributed by atoms with Crippen molar-refractivity contribution >= 4 is 13.9 Å². The van der Waals surface area contributed by atoms with E-state index >= 15 is 0 Å². The lowest BCUT2D eigenvalue weighted by Crippen LogP contribution is -2.62. The lowest BCUT2D eigenvalue weighted by molar-refractivity contribution is 0.0320. The molecule has 31 heavy (non-hydrogen) atoms. The second-order valence-corrected chi connectivity index (χ2v) is 17.6. The molecule has 1 aromatic rings. The standard InChI is InChI=1S/C29H49NSi/c1-20(2)26-21(3)28(25-19-18-22-14-12-13-17-24(22)27(25)26)31(7,8)30(29(4,5)6)23-15-10-9-11-16-23/h9-11,15-16,20-22,24-28H,12-14,17-19H2,1-8H3. The number of fused-ring (bicyclic) bond motifs is 3. The van der Waals surface area contributed by atoms with Crippen LogP contribution in [0, 0.1) is 41.4 Å². The van der Waals surface area contributed by atoms with Gasteiger partial charge in [-0.25, -0.2) is 0 Å². The van der Waals surface area contributed by atoms with Crippen LogP contribution >= 0.6 is 0 Å². The highest BCUT2D eigenvalue weighted by Gasteiger charge is 2.61. The molecule has 2 heteroatoms. The van der Waals surface area contributed by atoms with Crippen molar-refractivity contribution in [3.05, 3.63) is 30.3 Å². The fourth-order valence-electron chi connectivity index (χ4n) is 9.52. The zero-order valence-corrected chi connectivity index (χ0v) is 22.7. The minimum Gasteiger partial charge on any atom is -0.393 e. The summed E-state index contributed by atoms with van der Waals surface area (Å²) in [5.41, 5.74) is 2.51. The van der Waals surface area contributed by atoms with Crippen molar-refractivity contribution in [3.8, 4) is 0 Å². The molecule has 4 rings (SSSR count). The molecule has 3 saturated carbocycles. The summed E-state index contributed by atoms with van der Waals surface area (Å²) in [6.45, 7) is 20.5. The van der Waals surface area contributed by atoms with E-state index in [-0.39, 0.29) is 5.54 Å². The van der Waals surface area contributed by atoms with E-state index in [1.165, 1.54) is 44.2 Å². The highest BCUT2D eigenvalue weighted by atomic mass is 28.3. The fourth-order valence-corrected chi connectivity index (χ4v) is 15.3. The molecule has 3 aliphatic rings. The second-order valence-electron chi connectivity index (χ2n) is 13.2. The van der Waals surface area contributed by atoms with Crippen molar-refractivity contribution in [2.45, 2.75) is 104 Å². The fraction of sp³-hybridized carbons (Fsp3) is 0.793. The average Bonchev–Trinajstić information content (AvgIpc) is 3.00. The maximum atomic E-state index is 2.92. The molecule has 0 aliphatic heterocycles. The van der Waals surface area contributed by atoms with Crippen molar-refractivity contribution < 1.29 is 0 Å². The van der Waals surface area contributed by atoms with Crippen molar-refractivity contribution in [2.75, 3.05) is 4.57 Å². The van der Waals surface area contributed by atoms with Gasteiger partial charge in [0.05, 0.1) is 0 Å². The van der Waals surface area contributed by atoms with Crippen LogP contribution in [0.25, 0.3) is 0 Å². The largest absolute Gasteiger partial charge is 0.393 e. The van der Waals surface area contributed by atoms with Gasteiger partial charge in [0.25, 0.3) is 0 Å². The third-order valence-corrected chi connectivity index (χ3v) is 14.4. The summed E-state index contributed by atoms with van der Waals surface area (Å²) in [5.74, 6) is 6.60. The Morgan fingerprint density at radius 1 is 0.903 bits per heavy atom. The molecule has 7 atom stereocenters. The van der Waals surface area contributed by atoms with Crippen molar-refractivity contribution in [3.63, 3.8) is 0 Å². The monoisotopic (exact) mass is 439 g/mol. The minimum absolute atomic E-state index is 0.157. The Labute approximate surface area is 194 Å². The van der Waals surface area contributed by atoms with Crippen LogP contribution in [-0.4, -0.2) is 13.8 Å². The number of hydrogen-bond donors (Lipinski definition) is 0. The summed E-state index contributed by atoms with van der Waals surface area (Å²) in [7, 11) is -1.76. The van der Waals surface area contributed by atoms with Gasteiger partial charge in [-0.3, -0.25) is 0 Å². The number of para-hydroxylation sites is 1. The molecule has 174 valence electrons. The topological polar surface area (TPSA) is 3.24 Å². The molecular formula is C29H49NSi. The molecule has 3 aliphatic carbocycles. The van der Waals surface area contributed by atoms with Crippen LogP contribution in [0.1, 0.15) is 80.1 Å². The number of anilines is 1. The van der Waals surface area contributed by atoms with Crippen LogP contribution in [0.5, 0.6) is 0 Å². The van der Waals surface area contributed by atoms with Gasteiger partial charge in [-0.05, 0) is 99.1 Å². The van der Waals surface area contributed by atoms with Gasteiger partial charge >= 0.3 is 0 Å². The molecule has 0 bridgehead atoms. The van der Waals surface area contributed by atoms with Crippen molar-refractivity contribution in [2.24, 2.45) is 41.4 Å². The first-order valence-corrected chi connectivity index (χ1v) is 16.4. The van der Waals surface area contributed by atoms with Crippen molar-refractivity contribution in [1.82, 2.24) is 0 Å². The Bertz CT molecular complexity index is 733. The molecule has 0 spiro atoms. The van der Waals surface area contributed by atoms with Crippen LogP contribution in [0.3, 0.4) is 0 Å². The summed E-state index contributed by atoms with van der Waals surface area (Å²) >= 11 is 0. The summed E-state index contributed by atoms with van der Waals surface area (Å²) < 4.78 is 2.92. The number of benzene rings is 1. The lowest BCUT2D eigenvalue weighted by Gasteiger charge is -2.54. The van der Waals surface area contributed by atoms with Gasteiger partial charge in [0.1, 0.15) is 0 Å². The van der Waals surface area contributed by atoms with Gasteiger partial charge in [0, 0.05) is 11.2 Å². The highest BCUT2D eigenvalue weighted by Crippen LogP contribution is 2.65. The number of hydrogen-bond acceptors (Lipinski definition) is 1. The van der Waals surface area contributed by atoms with E-state index in [1.54, 1.807) is 0 Å². The normalized spacial score (nSPS) is 36.2. The summed E-state index contributed by atoms with van der Waals surface area (Å²) in [6.07, 6.45) is 9.07. The summed E-state index contributed by atoms with van der Waals surface area (Å²) in [4.78, 5) is 0. The quantitative estimate of drug-likeness (QED) is 0.424. The molecule has 7 unspecified atom stereocenters. The molecule has 1 aromatic carbocycles. The van der Waals surface area contributed by atoms with Crippen LogP contribution < -0.4 is 4.57 Å². The molecule has 0 amide bonds. The van der Waals surface area contributed by atoms with E-state index in [2.05, 4.69) is 89.5 Å². The van der Waals surface area contributed by atoms with Crippen LogP contribution in [0.2, 0.25) is 18.6 Å². The first kappa shape index (κ1) is 23.4. The molecule has 0 heterocycles. The van der Waals surface area contributed by atoms with E-state index in [9.17, 15) is 0 Å². The Morgan fingerprint density at radius 3 is 2.16 bits per heavy atom. The molecule has 0 aromatic heterocycles. The van der Waals surface area contributed by atoms with Crippen LogP contribution in [0.15, 0.2) is 30.3 Å². The van der Waals surface area contributed by atoms with E-state index in [1.807, 2.05) is 0 Å². The van der Waals surface area contributed by atoms with Crippen LogP contribution in [-0.2, 0) is 0 Å². The maximum Gasteiger partial charge on any atom is 0.154 e. The Hall–Kier alpha value is -0.763. The van der Waals surface area contributed by atoms with Gasteiger partial charge in [0.2, 0.25) is 0 Å². The zero-order chi connectivity index (χ0) is 22.6. The molecule has 0 radical (unpaired) electrons. The predicted octanol–water partition coefficient (Wildman–Crippen LogP) is 8.62. The van der Waals surface area contributed by atoms with Crippen molar-refractivity contribution in [1.29, 1.82) is 0 Å². The van der Waals surface area contributed by atoms with Gasteiger partial charge in [-0.1, -0.05) is 71.3 Å². The van der Waals surface area contributed by atoms with E-state index in [0.717, 1.165) is 47.0 Å². The van der Waals surface area contributed by atoms with E-state index in [0.29, 0.717) is 0 Å². The Balaban J connectivity index is 1.76. The molecule has 1 nitrogen and oxygen atoms in total. The average molecular weight is 440 g/mol. The SMILES string of the molecule is CC(C)C1C(C)C([Si](C)(C)N(c2ccccc2)C(C)(C)C)C2CCC3CCCCC3C21. The molecule has 3 fully saturated rings. The zero-order valence-electron chi connectivity index (χ0n) is 21.7. The van der Waals surface area contributed by atoms with Crippen LogP contribution in [0.4, 0.5) is 5.69 Å². The maximum absolute atomic E-state index is 2.92. The summed E-state index contributed by atoms with van der Waals surface area (Å²) in [6, 6.07) is 11.4.